The first-order valence-corrected chi connectivity index (χ1v) is 4.03. The van der Waals surface area contributed by atoms with E-state index in [0.717, 1.165) is 0 Å². The molecular formula is C9H8N2O3. The highest BCUT2D eigenvalue weighted by Crippen LogP contribution is 2.11. The minimum Gasteiger partial charge on any atom is -0.477 e. The smallest absolute Gasteiger partial charge is 0.354 e. The van der Waals surface area contributed by atoms with E-state index in [-0.39, 0.29) is 12.3 Å². The number of hydrogen-bond donors (Lipinski definition) is 2. The molecule has 0 saturated heterocycles. The fourth-order valence-corrected chi connectivity index (χ4v) is 1.35. The van der Waals surface area contributed by atoms with Crippen molar-refractivity contribution in [1.82, 2.24) is 9.38 Å². The van der Waals surface area contributed by atoms with Crippen LogP contribution in [0.3, 0.4) is 0 Å². The summed E-state index contributed by atoms with van der Waals surface area (Å²) >= 11 is 0. The summed E-state index contributed by atoms with van der Waals surface area (Å²) in [6.07, 6.45) is 2.88. The Hall–Kier alpha value is -1.88. The standard InChI is InChI=1S/C9H8N2O3/c12-5-6-2-1-3-11-7(9(13)14)4-10-8(6)11/h1-4,12H,5H2,(H,13,14). The number of carboxylic acids is 1. The Morgan fingerprint density at radius 1 is 1.57 bits per heavy atom. The SMILES string of the molecule is O=C(O)c1cnc2c(CO)cccn12. The highest BCUT2D eigenvalue weighted by molar-refractivity contribution is 5.86. The van der Waals surface area contributed by atoms with E-state index >= 15 is 0 Å². The molecule has 0 aliphatic rings. The van der Waals surface area contributed by atoms with Crippen molar-refractivity contribution in [2.24, 2.45) is 0 Å². The maximum Gasteiger partial charge on any atom is 0.354 e. The molecular weight excluding hydrogens is 184 g/mol. The van der Waals surface area contributed by atoms with Gasteiger partial charge in [-0.15, -0.1) is 0 Å². The zero-order valence-electron chi connectivity index (χ0n) is 7.21. The van der Waals surface area contributed by atoms with Gasteiger partial charge in [-0.2, -0.15) is 0 Å². The molecule has 0 saturated carbocycles. The van der Waals surface area contributed by atoms with Crippen molar-refractivity contribution >= 4 is 11.6 Å². The second-order valence-electron chi connectivity index (χ2n) is 2.83. The fourth-order valence-electron chi connectivity index (χ4n) is 1.35. The largest absolute Gasteiger partial charge is 0.477 e. The van der Waals surface area contributed by atoms with Crippen LogP contribution < -0.4 is 0 Å². The third kappa shape index (κ3) is 1.14. The van der Waals surface area contributed by atoms with Crippen LogP contribution in [0.4, 0.5) is 0 Å². The van der Waals surface area contributed by atoms with E-state index in [2.05, 4.69) is 4.98 Å². The van der Waals surface area contributed by atoms with Gasteiger partial charge >= 0.3 is 5.97 Å². The third-order valence-corrected chi connectivity index (χ3v) is 2.01. The first kappa shape index (κ1) is 8.71. The molecule has 0 aromatic carbocycles. The predicted molar refractivity (Wildman–Crippen MR) is 48.1 cm³/mol. The van der Waals surface area contributed by atoms with Gasteiger partial charge in [-0.05, 0) is 6.07 Å². The Balaban J connectivity index is 2.75. The molecule has 0 atom stereocenters. The first-order valence-electron chi connectivity index (χ1n) is 4.03. The highest BCUT2D eigenvalue weighted by atomic mass is 16.4. The molecule has 0 aliphatic carbocycles. The maximum atomic E-state index is 10.8. The Morgan fingerprint density at radius 2 is 2.36 bits per heavy atom. The lowest BCUT2D eigenvalue weighted by atomic mass is 10.3. The molecule has 2 N–H and O–H groups in total. The van der Waals surface area contributed by atoms with Gasteiger partial charge in [0.2, 0.25) is 0 Å². The number of aromatic carboxylic acids is 1. The lowest BCUT2D eigenvalue weighted by Crippen LogP contribution is -2.02. The van der Waals surface area contributed by atoms with Gasteiger partial charge in [0.15, 0.2) is 5.69 Å². The molecule has 2 heterocycles. The van der Waals surface area contributed by atoms with Crippen LogP contribution in [0, 0.1) is 0 Å². The van der Waals surface area contributed by atoms with Gasteiger partial charge in [0.05, 0.1) is 12.8 Å². The number of imidazole rings is 1. The zero-order valence-corrected chi connectivity index (χ0v) is 7.21. The van der Waals surface area contributed by atoms with E-state index in [4.69, 9.17) is 10.2 Å². The minimum absolute atomic E-state index is 0.0929. The van der Waals surface area contributed by atoms with Crippen LogP contribution in [-0.4, -0.2) is 25.6 Å². The molecule has 0 aliphatic heterocycles. The van der Waals surface area contributed by atoms with Crippen LogP contribution in [0.2, 0.25) is 0 Å². The number of pyridine rings is 1. The molecule has 14 heavy (non-hydrogen) atoms. The third-order valence-electron chi connectivity index (χ3n) is 2.01. The van der Waals surface area contributed by atoms with Crippen LogP contribution in [0.15, 0.2) is 24.5 Å². The topological polar surface area (TPSA) is 74.8 Å². The number of aliphatic hydroxyl groups excluding tert-OH is 1. The van der Waals surface area contributed by atoms with Crippen molar-refractivity contribution in [3.05, 3.63) is 35.8 Å². The molecule has 5 heteroatoms. The summed E-state index contributed by atoms with van der Waals surface area (Å²) < 4.78 is 1.44. The normalized spacial score (nSPS) is 10.6. The Kier molecular flexibility index (Phi) is 1.94. The summed E-state index contributed by atoms with van der Waals surface area (Å²) in [6.45, 7) is -0.152. The van der Waals surface area contributed by atoms with Crippen molar-refractivity contribution in [3.63, 3.8) is 0 Å². The quantitative estimate of drug-likeness (QED) is 0.727. The monoisotopic (exact) mass is 192 g/mol. The number of rotatable bonds is 2. The van der Waals surface area contributed by atoms with Gasteiger partial charge in [-0.3, -0.25) is 4.40 Å². The summed E-state index contributed by atoms with van der Waals surface area (Å²) in [5, 5.41) is 17.8. The number of aliphatic hydroxyl groups is 1. The van der Waals surface area contributed by atoms with Gasteiger partial charge in [0, 0.05) is 11.8 Å². The summed E-state index contributed by atoms with van der Waals surface area (Å²) in [6, 6.07) is 3.38. The second kappa shape index (κ2) is 3.12. The Morgan fingerprint density at radius 3 is 3.00 bits per heavy atom. The number of carbonyl (C=O) groups is 1. The number of nitrogens with zero attached hydrogens (tertiary/aromatic N) is 2. The number of carboxylic acid groups (broad SMARTS) is 1. The lowest BCUT2D eigenvalue weighted by Gasteiger charge is -2.00. The molecule has 5 nitrogen and oxygen atoms in total. The van der Waals surface area contributed by atoms with Gasteiger partial charge in [0.25, 0.3) is 0 Å². The fraction of sp³-hybridized carbons (Fsp3) is 0.111. The molecule has 2 aromatic heterocycles. The summed E-state index contributed by atoms with van der Waals surface area (Å²) in [5.41, 5.74) is 1.18. The van der Waals surface area contributed by atoms with Gasteiger partial charge in [0.1, 0.15) is 5.65 Å². The number of hydrogen-bond acceptors (Lipinski definition) is 3. The van der Waals surface area contributed by atoms with E-state index < -0.39 is 5.97 Å². The number of fused-ring (bicyclic) bond motifs is 1. The zero-order chi connectivity index (χ0) is 10.1. The minimum atomic E-state index is -1.03. The van der Waals surface area contributed by atoms with Crippen LogP contribution in [0.25, 0.3) is 5.65 Å². The summed E-state index contributed by atoms with van der Waals surface area (Å²) in [4.78, 5) is 14.7. The van der Waals surface area contributed by atoms with Crippen LogP contribution in [0.1, 0.15) is 16.1 Å². The lowest BCUT2D eigenvalue weighted by molar-refractivity contribution is 0.0689. The van der Waals surface area contributed by atoms with Gasteiger partial charge in [-0.1, -0.05) is 6.07 Å². The van der Waals surface area contributed by atoms with E-state index in [1.807, 2.05) is 0 Å². The van der Waals surface area contributed by atoms with Crippen molar-refractivity contribution in [2.75, 3.05) is 0 Å². The second-order valence-corrected chi connectivity index (χ2v) is 2.83. The van der Waals surface area contributed by atoms with E-state index in [1.165, 1.54) is 10.6 Å². The Labute approximate surface area is 79.2 Å². The first-order chi connectivity index (χ1) is 6.74. The van der Waals surface area contributed by atoms with E-state index in [9.17, 15) is 4.79 Å². The van der Waals surface area contributed by atoms with Crippen LogP contribution in [0.5, 0.6) is 0 Å². The number of aromatic nitrogens is 2. The highest BCUT2D eigenvalue weighted by Gasteiger charge is 2.11. The van der Waals surface area contributed by atoms with Gasteiger partial charge in [-0.25, -0.2) is 9.78 Å². The molecule has 72 valence electrons. The molecule has 0 spiro atoms. The molecule has 2 rings (SSSR count). The average Bonchev–Trinajstić information content (AvgIpc) is 2.60. The maximum absolute atomic E-state index is 10.8. The predicted octanol–water partition coefficient (Wildman–Crippen LogP) is 0.525. The molecule has 2 aromatic rings. The van der Waals surface area contributed by atoms with E-state index in [0.29, 0.717) is 11.2 Å². The van der Waals surface area contributed by atoms with Crippen molar-refractivity contribution in [3.8, 4) is 0 Å². The molecule has 0 radical (unpaired) electrons. The summed E-state index contributed by atoms with van der Waals surface area (Å²) in [7, 11) is 0. The molecule has 0 bridgehead atoms. The molecule has 0 fully saturated rings. The van der Waals surface area contributed by atoms with Crippen molar-refractivity contribution < 1.29 is 15.0 Å². The molecule has 0 amide bonds. The van der Waals surface area contributed by atoms with Crippen molar-refractivity contribution in [1.29, 1.82) is 0 Å². The summed E-state index contributed by atoms with van der Waals surface area (Å²) in [5.74, 6) is -1.03. The van der Waals surface area contributed by atoms with Gasteiger partial charge < -0.3 is 10.2 Å². The molecule has 0 unspecified atom stereocenters. The average molecular weight is 192 g/mol. The Bertz CT molecular complexity index is 490. The van der Waals surface area contributed by atoms with Crippen molar-refractivity contribution in [2.45, 2.75) is 6.61 Å². The van der Waals surface area contributed by atoms with E-state index in [1.54, 1.807) is 18.3 Å². The van der Waals surface area contributed by atoms with Crippen LogP contribution >= 0.6 is 0 Å². The van der Waals surface area contributed by atoms with Crippen LogP contribution in [-0.2, 0) is 6.61 Å².